The van der Waals surface area contributed by atoms with Crippen molar-refractivity contribution in [1.82, 2.24) is 0 Å². The van der Waals surface area contributed by atoms with Gasteiger partial charge >= 0.3 is 0 Å². The number of hydrogen-bond donors (Lipinski definition) is 2. The van der Waals surface area contributed by atoms with E-state index in [0.29, 0.717) is 18.3 Å². The number of carbonyl (C=O) groups is 2. The van der Waals surface area contributed by atoms with Gasteiger partial charge in [-0.05, 0) is 61.0 Å². The number of ketones is 2. The monoisotopic (exact) mass is 392 g/mol. The Labute approximate surface area is 165 Å². The minimum Gasteiger partial charge on any atom is -0.393 e. The fourth-order valence-electron chi connectivity index (χ4n) is 7.45. The van der Waals surface area contributed by atoms with Crippen LogP contribution in [0.15, 0.2) is 23.8 Å². The fraction of sp³-hybridized carbons (Fsp3) is 0.727. The Balaban J connectivity index is 1.73. The molecular weight excluding hydrogens is 364 g/mol. The van der Waals surface area contributed by atoms with Gasteiger partial charge in [0.15, 0.2) is 17.1 Å². The third-order valence-electron chi connectivity index (χ3n) is 8.38. The average molecular weight is 393 g/mol. The molecule has 0 aromatic rings. The summed E-state index contributed by atoms with van der Waals surface area (Å²) in [6.07, 6.45) is 8.09. The molecular formula is C22H29ClO4. The molecule has 0 aromatic heterocycles. The lowest BCUT2D eigenvalue weighted by molar-refractivity contribution is -0.144. The largest absolute Gasteiger partial charge is 0.393 e. The highest BCUT2D eigenvalue weighted by Gasteiger charge is 2.64. The van der Waals surface area contributed by atoms with E-state index in [1.807, 2.05) is 6.08 Å². The smallest absolute Gasteiger partial charge is 0.187 e. The second-order valence-corrected chi connectivity index (χ2v) is 10.1. The van der Waals surface area contributed by atoms with Crippen LogP contribution in [0.3, 0.4) is 0 Å². The van der Waals surface area contributed by atoms with Gasteiger partial charge in [0.25, 0.3) is 0 Å². The van der Waals surface area contributed by atoms with Gasteiger partial charge in [-0.1, -0.05) is 44.0 Å². The molecule has 4 nitrogen and oxygen atoms in total. The molecule has 27 heavy (non-hydrogen) atoms. The number of rotatable bonds is 2. The SMILES string of the molecule is C[C@@H]1C[C@H]2[C@@H]3CCC4=CC(=O)C=C[C@]4(C)[C@H]3[C@@H](O)C[C@]2(C)[C@H]1C(=O)C(O)Cl. The second kappa shape index (κ2) is 6.27. The number of aliphatic hydroxyl groups excluding tert-OH is 2. The van der Waals surface area contributed by atoms with Crippen molar-refractivity contribution in [2.45, 2.75) is 58.1 Å². The molecule has 4 rings (SSSR count). The minimum absolute atomic E-state index is 0.0345. The molecule has 0 amide bonds. The van der Waals surface area contributed by atoms with Gasteiger partial charge in [-0.3, -0.25) is 9.59 Å². The first-order valence-electron chi connectivity index (χ1n) is 10.1. The van der Waals surface area contributed by atoms with Crippen molar-refractivity contribution in [3.05, 3.63) is 23.8 Å². The van der Waals surface area contributed by atoms with E-state index in [-0.39, 0.29) is 40.2 Å². The highest BCUT2D eigenvalue weighted by Crippen LogP contribution is 2.67. The van der Waals surface area contributed by atoms with Gasteiger partial charge in [0, 0.05) is 17.3 Å². The number of alkyl halides is 1. The van der Waals surface area contributed by atoms with E-state index in [0.717, 1.165) is 24.8 Å². The third kappa shape index (κ3) is 2.63. The Hall–Kier alpha value is -0.970. The van der Waals surface area contributed by atoms with Crippen LogP contribution in [0.25, 0.3) is 0 Å². The molecule has 0 spiro atoms. The first kappa shape index (κ1) is 19.4. The Morgan fingerprint density at radius 1 is 1.37 bits per heavy atom. The molecule has 9 atom stereocenters. The molecule has 0 saturated heterocycles. The van der Waals surface area contributed by atoms with Gasteiger partial charge in [0.2, 0.25) is 0 Å². The maximum Gasteiger partial charge on any atom is 0.187 e. The summed E-state index contributed by atoms with van der Waals surface area (Å²) in [6.45, 7) is 6.33. The lowest BCUT2D eigenvalue weighted by Gasteiger charge is -2.58. The summed E-state index contributed by atoms with van der Waals surface area (Å²) in [5.41, 5.74) is -0.990. The number of hydrogen-bond acceptors (Lipinski definition) is 4. The maximum absolute atomic E-state index is 12.7. The van der Waals surface area contributed by atoms with Crippen LogP contribution in [0, 0.1) is 40.4 Å². The van der Waals surface area contributed by atoms with Crippen molar-refractivity contribution < 1.29 is 19.8 Å². The normalized spacial score (nSPS) is 49.7. The van der Waals surface area contributed by atoms with Gasteiger partial charge in [-0.15, -0.1) is 0 Å². The maximum atomic E-state index is 12.7. The van der Waals surface area contributed by atoms with Crippen molar-refractivity contribution in [1.29, 1.82) is 0 Å². The lowest BCUT2D eigenvalue weighted by atomic mass is 9.46. The van der Waals surface area contributed by atoms with Gasteiger partial charge in [0.1, 0.15) is 0 Å². The Kier molecular flexibility index (Phi) is 4.49. The van der Waals surface area contributed by atoms with Crippen molar-refractivity contribution in [2.75, 3.05) is 0 Å². The number of allylic oxidation sites excluding steroid dienone is 4. The minimum atomic E-state index is -1.48. The summed E-state index contributed by atoms with van der Waals surface area (Å²) in [4.78, 5) is 24.5. The Morgan fingerprint density at radius 2 is 2.07 bits per heavy atom. The standard InChI is InChI=1S/C22H29ClO4/c1-11-8-15-14-5-4-12-9-13(24)6-7-21(12,2)18(14)16(25)10-22(15,3)17(11)19(26)20(23)27/h6-7,9,11,14-18,20,25,27H,4-5,8,10H2,1-3H3/t11-,14+,15+,16+,17-,18-,20?,21+,22+/m1/s1. The molecule has 0 heterocycles. The molecule has 0 aromatic carbocycles. The van der Waals surface area contributed by atoms with Gasteiger partial charge in [-0.2, -0.15) is 0 Å². The predicted molar refractivity (Wildman–Crippen MR) is 103 cm³/mol. The van der Waals surface area contributed by atoms with Gasteiger partial charge in [0.05, 0.1) is 6.10 Å². The summed E-state index contributed by atoms with van der Waals surface area (Å²) in [7, 11) is 0. The summed E-state index contributed by atoms with van der Waals surface area (Å²) in [6, 6.07) is 0. The molecule has 2 N–H and O–H groups in total. The van der Waals surface area contributed by atoms with E-state index in [2.05, 4.69) is 20.8 Å². The van der Waals surface area contributed by atoms with Crippen molar-refractivity contribution in [3.8, 4) is 0 Å². The van der Waals surface area contributed by atoms with Crippen LogP contribution < -0.4 is 0 Å². The molecule has 4 aliphatic rings. The summed E-state index contributed by atoms with van der Waals surface area (Å²) < 4.78 is 0. The van der Waals surface area contributed by atoms with Crippen molar-refractivity contribution in [3.63, 3.8) is 0 Å². The molecule has 148 valence electrons. The number of aliphatic hydroxyl groups is 2. The highest BCUT2D eigenvalue weighted by molar-refractivity contribution is 6.30. The van der Waals surface area contributed by atoms with Crippen LogP contribution in [0.5, 0.6) is 0 Å². The van der Waals surface area contributed by atoms with E-state index in [1.54, 1.807) is 12.2 Å². The molecule has 5 heteroatoms. The molecule has 3 fully saturated rings. The van der Waals surface area contributed by atoms with E-state index in [4.69, 9.17) is 11.6 Å². The van der Waals surface area contributed by atoms with Crippen molar-refractivity contribution in [2.24, 2.45) is 40.4 Å². The zero-order valence-electron chi connectivity index (χ0n) is 16.2. The molecule has 0 radical (unpaired) electrons. The van der Waals surface area contributed by atoms with Crippen LogP contribution in [0.4, 0.5) is 0 Å². The molecule has 0 aliphatic heterocycles. The van der Waals surface area contributed by atoms with E-state index >= 15 is 0 Å². The molecule has 3 saturated carbocycles. The summed E-state index contributed by atoms with van der Waals surface area (Å²) in [5.74, 6) is 0.222. The first-order chi connectivity index (χ1) is 12.6. The number of carbonyl (C=O) groups excluding carboxylic acids is 2. The quantitative estimate of drug-likeness (QED) is 0.707. The fourth-order valence-corrected chi connectivity index (χ4v) is 7.58. The van der Waals surface area contributed by atoms with E-state index in [1.165, 1.54) is 0 Å². The summed E-state index contributed by atoms with van der Waals surface area (Å²) in [5, 5.41) is 21.0. The Morgan fingerprint density at radius 3 is 2.74 bits per heavy atom. The second-order valence-electron chi connectivity index (χ2n) is 9.73. The third-order valence-corrected chi connectivity index (χ3v) is 8.59. The Bertz CT molecular complexity index is 741. The zero-order valence-corrected chi connectivity index (χ0v) is 16.9. The van der Waals surface area contributed by atoms with Crippen LogP contribution in [0.2, 0.25) is 0 Å². The van der Waals surface area contributed by atoms with E-state index in [9.17, 15) is 19.8 Å². The van der Waals surface area contributed by atoms with Crippen LogP contribution in [0.1, 0.15) is 46.5 Å². The number of fused-ring (bicyclic) bond motifs is 5. The number of halogens is 1. The molecule has 4 aliphatic carbocycles. The average Bonchev–Trinajstić information content (AvgIpc) is 2.84. The molecule has 1 unspecified atom stereocenters. The van der Waals surface area contributed by atoms with Crippen LogP contribution >= 0.6 is 11.6 Å². The van der Waals surface area contributed by atoms with Crippen molar-refractivity contribution >= 4 is 23.2 Å². The first-order valence-corrected chi connectivity index (χ1v) is 10.5. The van der Waals surface area contributed by atoms with Crippen LogP contribution in [-0.4, -0.2) is 33.4 Å². The predicted octanol–water partition coefficient (Wildman–Crippen LogP) is 3.25. The highest BCUT2D eigenvalue weighted by atomic mass is 35.5. The van der Waals surface area contributed by atoms with Crippen LogP contribution in [-0.2, 0) is 9.59 Å². The summed E-state index contributed by atoms with van der Waals surface area (Å²) >= 11 is 5.76. The lowest BCUT2D eigenvalue weighted by Crippen LogP contribution is -2.56. The molecule has 0 bridgehead atoms. The van der Waals surface area contributed by atoms with Gasteiger partial charge < -0.3 is 10.2 Å². The topological polar surface area (TPSA) is 74.6 Å². The van der Waals surface area contributed by atoms with Gasteiger partial charge in [-0.25, -0.2) is 0 Å². The number of Topliss-reactive ketones (excluding diaryl/α,β-unsaturated/α-hetero) is 1. The van der Waals surface area contributed by atoms with E-state index < -0.39 is 11.7 Å². The zero-order chi connectivity index (χ0) is 19.7.